The molecule has 0 amide bonds. The van der Waals surface area contributed by atoms with E-state index in [4.69, 9.17) is 4.74 Å². The molecule has 0 saturated heterocycles. The Hall–Kier alpha value is -0.700. The van der Waals surface area contributed by atoms with Gasteiger partial charge in [0.05, 0.1) is 17.6 Å². The minimum atomic E-state index is -1.24. The summed E-state index contributed by atoms with van der Waals surface area (Å²) < 4.78 is 7.02. The fourth-order valence-corrected chi connectivity index (χ4v) is 4.92. The average molecular weight is 602 g/mol. The minimum absolute atomic E-state index is 0. The van der Waals surface area contributed by atoms with Crippen molar-refractivity contribution in [2.45, 2.75) is 63.6 Å². The summed E-state index contributed by atoms with van der Waals surface area (Å²) in [5.41, 5.74) is 2.32. The maximum absolute atomic E-state index is 11.6. The summed E-state index contributed by atoms with van der Waals surface area (Å²) in [6.07, 6.45) is 8.21. The Balaban J connectivity index is 0.000000185. The Morgan fingerprint density at radius 3 is 2.26 bits per heavy atom. The number of benzene rings is 2. The topological polar surface area (TPSA) is 86.7 Å². The molecule has 2 fully saturated rings. The molecule has 2 saturated carbocycles. The summed E-state index contributed by atoms with van der Waals surface area (Å²) in [4.78, 5) is 22.6. The van der Waals surface area contributed by atoms with Crippen molar-refractivity contribution in [3.8, 4) is 0 Å². The Kier molecular flexibility index (Phi) is 10.3. The van der Waals surface area contributed by atoms with Crippen LogP contribution in [0.25, 0.3) is 0 Å². The fraction of sp³-hybridized carbons (Fsp3) is 0.462. The van der Waals surface area contributed by atoms with Gasteiger partial charge in [-0.3, -0.25) is 0 Å². The number of aliphatic hydroxyl groups is 1. The first kappa shape index (κ1) is 27.9. The molecular weight excluding hydrogens is 575 g/mol. The maximum atomic E-state index is 11.6. The van der Waals surface area contributed by atoms with E-state index in [-0.39, 0.29) is 47.2 Å². The predicted molar refractivity (Wildman–Crippen MR) is 130 cm³/mol. The molecule has 3 aliphatic rings. The van der Waals surface area contributed by atoms with Crippen molar-refractivity contribution in [3.63, 3.8) is 0 Å². The standard InChI is InChI=1S/C13H15BrO3.C13H13BrO2.Na/c14-9-4-5-10(11(7-9)13(16)17)12(15)6-3-8-1-2-8;14-9-4-5-10-11(7-9)13(15)16-12(10)6-3-8-1-2-8;/h4-5,7-8,12,15H,1-3,6H2,(H,16,17);4-5,7-8,12H,1-3,6H2;/q;;+1/p-1. The third-order valence-corrected chi connectivity index (χ3v) is 7.49. The van der Waals surface area contributed by atoms with E-state index in [1.54, 1.807) is 12.1 Å². The first-order valence-corrected chi connectivity index (χ1v) is 13.1. The van der Waals surface area contributed by atoms with Crippen LogP contribution in [-0.4, -0.2) is 17.0 Å². The molecule has 5 nitrogen and oxygen atoms in total. The van der Waals surface area contributed by atoms with Gasteiger partial charge in [0.2, 0.25) is 0 Å². The number of carboxylic acids is 1. The normalized spacial score (nSPS) is 19.3. The van der Waals surface area contributed by atoms with E-state index in [1.807, 2.05) is 18.2 Å². The number of cyclic esters (lactones) is 1. The van der Waals surface area contributed by atoms with Gasteiger partial charge in [0.1, 0.15) is 6.10 Å². The molecule has 1 aliphatic heterocycles. The molecule has 2 aromatic rings. The van der Waals surface area contributed by atoms with Crippen LogP contribution >= 0.6 is 31.9 Å². The molecule has 1 heterocycles. The second-order valence-electron chi connectivity index (χ2n) is 9.20. The Bertz CT molecular complexity index is 1040. The smallest absolute Gasteiger partial charge is 0.545 e. The number of ether oxygens (including phenoxy) is 1. The molecule has 0 spiro atoms. The van der Waals surface area contributed by atoms with Crippen molar-refractivity contribution in [3.05, 3.63) is 67.6 Å². The van der Waals surface area contributed by atoms with E-state index in [1.165, 1.54) is 38.2 Å². The molecule has 176 valence electrons. The second-order valence-corrected chi connectivity index (χ2v) is 11.0. The van der Waals surface area contributed by atoms with Crippen LogP contribution in [0.5, 0.6) is 0 Å². The minimum Gasteiger partial charge on any atom is -0.545 e. The molecule has 34 heavy (non-hydrogen) atoms. The van der Waals surface area contributed by atoms with E-state index >= 15 is 0 Å². The number of carbonyl (C=O) groups excluding carboxylic acids is 2. The van der Waals surface area contributed by atoms with Crippen molar-refractivity contribution < 1.29 is 54.1 Å². The van der Waals surface area contributed by atoms with Gasteiger partial charge in [-0.05, 0) is 67.3 Å². The van der Waals surface area contributed by atoms with Crippen molar-refractivity contribution in [1.29, 1.82) is 0 Å². The third kappa shape index (κ3) is 7.65. The second kappa shape index (κ2) is 12.5. The first-order valence-electron chi connectivity index (χ1n) is 11.5. The largest absolute Gasteiger partial charge is 1.00 e. The average Bonchev–Trinajstić information content (AvgIpc) is 3.71. The summed E-state index contributed by atoms with van der Waals surface area (Å²) in [6.45, 7) is 0. The number of fused-ring (bicyclic) bond motifs is 1. The molecule has 2 atom stereocenters. The van der Waals surface area contributed by atoms with Crippen LogP contribution in [0.1, 0.15) is 95.4 Å². The number of aromatic carboxylic acids is 1. The van der Waals surface area contributed by atoms with Crippen LogP contribution in [0, 0.1) is 11.8 Å². The van der Waals surface area contributed by atoms with Gasteiger partial charge in [0.25, 0.3) is 0 Å². The number of hydrogen-bond acceptors (Lipinski definition) is 5. The van der Waals surface area contributed by atoms with E-state index < -0.39 is 12.1 Å². The van der Waals surface area contributed by atoms with Crippen molar-refractivity contribution in [2.75, 3.05) is 0 Å². The fourth-order valence-electron chi connectivity index (χ4n) is 4.20. The predicted octanol–water partition coefficient (Wildman–Crippen LogP) is 2.89. The Morgan fingerprint density at radius 2 is 1.62 bits per heavy atom. The van der Waals surface area contributed by atoms with Crippen LogP contribution < -0.4 is 34.7 Å². The van der Waals surface area contributed by atoms with Gasteiger partial charge in [-0.2, -0.15) is 0 Å². The summed E-state index contributed by atoms with van der Waals surface area (Å²) in [7, 11) is 0. The zero-order valence-corrected chi connectivity index (χ0v) is 24.4. The summed E-state index contributed by atoms with van der Waals surface area (Å²) in [5.74, 6) is 0.202. The molecule has 8 heteroatoms. The molecule has 2 unspecified atom stereocenters. The van der Waals surface area contributed by atoms with E-state index in [0.717, 1.165) is 40.3 Å². The Labute approximate surface area is 239 Å². The van der Waals surface area contributed by atoms with E-state index in [0.29, 0.717) is 16.5 Å². The quantitative estimate of drug-likeness (QED) is 0.371. The van der Waals surface area contributed by atoms with Gasteiger partial charge in [0, 0.05) is 20.1 Å². The molecule has 5 rings (SSSR count). The third-order valence-electron chi connectivity index (χ3n) is 6.50. The number of carboxylic acid groups (broad SMARTS) is 1. The van der Waals surface area contributed by atoms with Gasteiger partial charge in [-0.15, -0.1) is 0 Å². The van der Waals surface area contributed by atoms with Crippen LogP contribution in [0.2, 0.25) is 0 Å². The van der Waals surface area contributed by atoms with Gasteiger partial charge < -0.3 is 19.7 Å². The summed E-state index contributed by atoms with van der Waals surface area (Å²) in [5, 5.41) is 21.0. The monoisotopic (exact) mass is 600 g/mol. The van der Waals surface area contributed by atoms with Gasteiger partial charge in [-0.1, -0.05) is 69.7 Å². The molecule has 2 aromatic carbocycles. The zero-order valence-electron chi connectivity index (χ0n) is 19.3. The van der Waals surface area contributed by atoms with Crippen LogP contribution in [0.15, 0.2) is 45.3 Å². The number of halogens is 2. The number of rotatable bonds is 8. The number of esters is 1. The molecular formula is C26H27Br2NaO5. The number of aliphatic hydroxyl groups excluding tert-OH is 1. The number of hydrogen-bond donors (Lipinski definition) is 1. The van der Waals surface area contributed by atoms with Crippen molar-refractivity contribution in [1.82, 2.24) is 0 Å². The van der Waals surface area contributed by atoms with Crippen LogP contribution in [-0.2, 0) is 4.74 Å². The van der Waals surface area contributed by atoms with Crippen LogP contribution in [0.3, 0.4) is 0 Å². The van der Waals surface area contributed by atoms with Crippen molar-refractivity contribution >= 4 is 43.8 Å². The zero-order chi connectivity index (χ0) is 23.5. The maximum Gasteiger partial charge on any atom is 1.00 e. The van der Waals surface area contributed by atoms with Crippen LogP contribution in [0.4, 0.5) is 0 Å². The van der Waals surface area contributed by atoms with Gasteiger partial charge in [-0.25, -0.2) is 4.79 Å². The summed E-state index contributed by atoms with van der Waals surface area (Å²) in [6, 6.07) is 10.7. The molecule has 0 aromatic heterocycles. The van der Waals surface area contributed by atoms with Gasteiger partial charge in [0.15, 0.2) is 0 Å². The molecule has 0 bridgehead atoms. The summed E-state index contributed by atoms with van der Waals surface area (Å²) >= 11 is 6.59. The van der Waals surface area contributed by atoms with Crippen molar-refractivity contribution in [2.24, 2.45) is 11.8 Å². The Morgan fingerprint density at radius 1 is 1.00 bits per heavy atom. The van der Waals surface area contributed by atoms with E-state index in [2.05, 4.69) is 31.9 Å². The van der Waals surface area contributed by atoms with Gasteiger partial charge >= 0.3 is 35.5 Å². The van der Waals surface area contributed by atoms with E-state index in [9.17, 15) is 19.8 Å². The number of carbonyl (C=O) groups is 2. The SMILES string of the molecule is O=C([O-])c1cc(Br)ccc1C(O)CCC1CC1.O=C1OC(CCC2CC2)c2ccc(Br)cc21.[Na+]. The first-order chi connectivity index (χ1) is 15.8. The molecule has 2 aliphatic carbocycles. The molecule has 1 N–H and O–H groups in total. The molecule has 0 radical (unpaired) electrons.